The molecule has 1 saturated carbocycles. The lowest BCUT2D eigenvalue weighted by atomic mass is 9.81. The van der Waals surface area contributed by atoms with Gasteiger partial charge in [-0.05, 0) is 6.92 Å². The molecule has 68 valence electrons. The Hall–Kier alpha value is -0.670. The van der Waals surface area contributed by atoms with Gasteiger partial charge in [-0.3, -0.25) is 4.79 Å². The number of carbonyl (C=O) groups is 1. The summed E-state index contributed by atoms with van der Waals surface area (Å²) in [5.74, 6) is 0.656. The normalized spacial score (nSPS) is 65.6. The molecular formula is C10H10O3. The van der Waals surface area contributed by atoms with Crippen LogP contribution >= 0.6 is 0 Å². The second kappa shape index (κ2) is 1.62. The van der Waals surface area contributed by atoms with Crippen molar-refractivity contribution in [1.82, 2.24) is 0 Å². The summed E-state index contributed by atoms with van der Waals surface area (Å²) in [5, 5.41) is 0. The zero-order valence-corrected chi connectivity index (χ0v) is 7.27. The predicted octanol–water partition coefficient (Wildman–Crippen LogP) is 0.296. The van der Waals surface area contributed by atoms with Crippen LogP contribution in [-0.2, 0) is 14.3 Å². The molecule has 4 aliphatic rings. The van der Waals surface area contributed by atoms with Crippen LogP contribution in [0, 0.1) is 11.8 Å². The van der Waals surface area contributed by atoms with Gasteiger partial charge < -0.3 is 9.47 Å². The molecule has 2 bridgehead atoms. The number of ether oxygens (including phenoxy) is 2. The molecule has 3 heteroatoms. The van der Waals surface area contributed by atoms with Gasteiger partial charge in [0, 0.05) is 5.92 Å². The van der Waals surface area contributed by atoms with Crippen LogP contribution in [0.3, 0.4) is 0 Å². The molecular weight excluding hydrogens is 168 g/mol. The number of fused-ring (bicyclic) bond motifs is 7. The Morgan fingerprint density at radius 3 is 2.92 bits per heavy atom. The molecule has 0 N–H and O–H groups in total. The van der Waals surface area contributed by atoms with Gasteiger partial charge in [0.05, 0.1) is 18.1 Å². The molecule has 0 aromatic heterocycles. The summed E-state index contributed by atoms with van der Waals surface area (Å²) in [7, 11) is 0. The van der Waals surface area contributed by atoms with Crippen LogP contribution in [0.15, 0.2) is 12.2 Å². The number of epoxide rings is 1. The molecule has 4 rings (SSSR count). The molecule has 13 heavy (non-hydrogen) atoms. The first-order valence-corrected chi connectivity index (χ1v) is 4.77. The van der Waals surface area contributed by atoms with Crippen LogP contribution in [0.2, 0.25) is 0 Å². The van der Waals surface area contributed by atoms with Gasteiger partial charge in [0.1, 0.15) is 11.7 Å². The Bertz CT molecular complexity index is 348. The topological polar surface area (TPSA) is 38.8 Å². The van der Waals surface area contributed by atoms with Crippen LogP contribution in [0.4, 0.5) is 0 Å². The first kappa shape index (κ1) is 6.74. The number of hydrogen-bond donors (Lipinski definition) is 0. The van der Waals surface area contributed by atoms with E-state index in [1.807, 2.05) is 13.0 Å². The molecule has 0 aromatic carbocycles. The number of carbonyl (C=O) groups excluding carboxylic acids is 1. The Morgan fingerprint density at radius 1 is 1.38 bits per heavy atom. The van der Waals surface area contributed by atoms with Crippen LogP contribution < -0.4 is 0 Å². The Labute approximate surface area is 75.7 Å². The van der Waals surface area contributed by atoms with Gasteiger partial charge in [-0.2, -0.15) is 0 Å². The van der Waals surface area contributed by atoms with Gasteiger partial charge in [0.2, 0.25) is 0 Å². The van der Waals surface area contributed by atoms with Gasteiger partial charge in [-0.25, -0.2) is 0 Å². The highest BCUT2D eigenvalue weighted by Crippen LogP contribution is 2.61. The minimum absolute atomic E-state index is 0.0516. The third-order valence-electron chi connectivity index (χ3n) is 3.98. The highest BCUT2D eigenvalue weighted by Gasteiger charge is 2.76. The molecule has 2 saturated heterocycles. The lowest BCUT2D eigenvalue weighted by Gasteiger charge is -2.21. The van der Waals surface area contributed by atoms with E-state index in [0.29, 0.717) is 5.92 Å². The van der Waals surface area contributed by atoms with E-state index in [1.165, 1.54) is 0 Å². The highest BCUT2D eigenvalue weighted by molar-refractivity contribution is 5.94. The number of hydrogen-bond acceptors (Lipinski definition) is 3. The Morgan fingerprint density at radius 2 is 2.15 bits per heavy atom. The zero-order valence-electron chi connectivity index (χ0n) is 7.27. The van der Waals surface area contributed by atoms with E-state index in [4.69, 9.17) is 9.47 Å². The van der Waals surface area contributed by atoms with E-state index in [9.17, 15) is 4.79 Å². The summed E-state index contributed by atoms with van der Waals surface area (Å²) in [6, 6.07) is 0. The summed E-state index contributed by atoms with van der Waals surface area (Å²) >= 11 is 0. The largest absolute Gasteiger partial charge is 0.366 e. The van der Waals surface area contributed by atoms with Crippen molar-refractivity contribution in [1.29, 1.82) is 0 Å². The van der Waals surface area contributed by atoms with E-state index in [0.717, 1.165) is 0 Å². The van der Waals surface area contributed by atoms with Crippen molar-refractivity contribution < 1.29 is 14.3 Å². The van der Waals surface area contributed by atoms with E-state index < -0.39 is 0 Å². The molecule has 0 aromatic rings. The van der Waals surface area contributed by atoms with Crippen molar-refractivity contribution >= 4 is 5.78 Å². The number of rotatable bonds is 0. The molecule has 6 atom stereocenters. The Balaban J connectivity index is 1.88. The minimum Gasteiger partial charge on any atom is -0.366 e. The minimum atomic E-state index is -0.189. The fourth-order valence-electron chi connectivity index (χ4n) is 3.32. The third-order valence-corrected chi connectivity index (χ3v) is 3.98. The molecule has 0 amide bonds. The molecule has 3 fully saturated rings. The predicted molar refractivity (Wildman–Crippen MR) is 43.1 cm³/mol. The van der Waals surface area contributed by atoms with Crippen LogP contribution in [0.1, 0.15) is 6.92 Å². The van der Waals surface area contributed by atoms with E-state index in [-0.39, 0.29) is 35.6 Å². The smallest absolute Gasteiger partial charge is 0.171 e. The highest BCUT2D eigenvalue weighted by atomic mass is 16.6. The standard InChI is InChI=1S/C10H10O3/c1-10-7-5-3-2-4(12-5)6(7)8(11)9(10)13-10/h2-7,9H,1H3/t4-,5+,6-,7+,9+,10-/m0/s1. The van der Waals surface area contributed by atoms with Gasteiger partial charge in [-0.1, -0.05) is 12.2 Å². The van der Waals surface area contributed by atoms with Gasteiger partial charge in [0.15, 0.2) is 5.78 Å². The lowest BCUT2D eigenvalue weighted by Crippen LogP contribution is -2.32. The second-order valence-corrected chi connectivity index (χ2v) is 4.59. The second-order valence-electron chi connectivity index (χ2n) is 4.59. The van der Waals surface area contributed by atoms with Crippen molar-refractivity contribution in [2.24, 2.45) is 11.8 Å². The van der Waals surface area contributed by atoms with Gasteiger partial charge >= 0.3 is 0 Å². The average molecular weight is 178 g/mol. The van der Waals surface area contributed by atoms with E-state index in [1.54, 1.807) is 0 Å². The van der Waals surface area contributed by atoms with Crippen molar-refractivity contribution in [3.8, 4) is 0 Å². The fraction of sp³-hybridized carbons (Fsp3) is 0.700. The van der Waals surface area contributed by atoms with E-state index in [2.05, 4.69) is 6.08 Å². The van der Waals surface area contributed by atoms with Crippen LogP contribution in [0.5, 0.6) is 0 Å². The summed E-state index contributed by atoms with van der Waals surface area (Å²) in [4.78, 5) is 11.8. The summed E-state index contributed by atoms with van der Waals surface area (Å²) in [5.41, 5.74) is -0.189. The first-order valence-electron chi connectivity index (χ1n) is 4.77. The maximum absolute atomic E-state index is 11.8. The Kier molecular flexibility index (Phi) is 0.839. The number of ketones is 1. The number of Topliss-reactive ketones (excluding diaryl/α,β-unsaturated/α-hetero) is 1. The lowest BCUT2D eigenvalue weighted by molar-refractivity contribution is -0.125. The molecule has 3 aliphatic heterocycles. The summed E-state index contributed by atoms with van der Waals surface area (Å²) in [6.45, 7) is 2.04. The average Bonchev–Trinajstić information content (AvgIpc) is 2.55. The SMILES string of the molecule is C[C@@]12O[C@@H]1C(=O)[C@@H]1[C@H]2[C@H]2C=C[C@@H]1O2. The van der Waals surface area contributed by atoms with Crippen LogP contribution in [-0.4, -0.2) is 29.7 Å². The molecule has 1 aliphatic carbocycles. The van der Waals surface area contributed by atoms with Crippen molar-refractivity contribution in [2.45, 2.75) is 30.8 Å². The molecule has 3 nitrogen and oxygen atoms in total. The monoisotopic (exact) mass is 178 g/mol. The van der Waals surface area contributed by atoms with Crippen molar-refractivity contribution in [3.63, 3.8) is 0 Å². The van der Waals surface area contributed by atoms with Crippen molar-refractivity contribution in [2.75, 3.05) is 0 Å². The van der Waals surface area contributed by atoms with E-state index >= 15 is 0 Å². The molecule has 0 spiro atoms. The van der Waals surface area contributed by atoms with Gasteiger partial charge in [0.25, 0.3) is 0 Å². The fourth-order valence-corrected chi connectivity index (χ4v) is 3.32. The molecule has 3 heterocycles. The first-order chi connectivity index (χ1) is 6.22. The maximum atomic E-state index is 11.8. The quantitative estimate of drug-likeness (QED) is 0.395. The van der Waals surface area contributed by atoms with Crippen molar-refractivity contribution in [3.05, 3.63) is 12.2 Å². The molecule has 0 radical (unpaired) electrons. The molecule has 0 unspecified atom stereocenters. The zero-order chi connectivity index (χ0) is 8.79. The summed E-state index contributed by atoms with van der Waals surface area (Å²) < 4.78 is 11.1. The third kappa shape index (κ3) is 0.525. The maximum Gasteiger partial charge on any atom is 0.171 e. The summed E-state index contributed by atoms with van der Waals surface area (Å²) in [6.07, 6.45) is 4.18. The van der Waals surface area contributed by atoms with Crippen LogP contribution in [0.25, 0.3) is 0 Å². The van der Waals surface area contributed by atoms with Gasteiger partial charge in [-0.15, -0.1) is 0 Å².